The smallest absolute Gasteiger partial charge is 0.411 e. The van der Waals surface area contributed by atoms with Crippen molar-refractivity contribution in [3.05, 3.63) is 35.4 Å². The van der Waals surface area contributed by atoms with Gasteiger partial charge in [-0.25, -0.2) is 0 Å². The van der Waals surface area contributed by atoms with E-state index < -0.39 is 19.1 Å². The molecule has 0 aliphatic carbocycles. The van der Waals surface area contributed by atoms with Crippen molar-refractivity contribution in [3.8, 4) is 11.8 Å². The van der Waals surface area contributed by atoms with E-state index >= 15 is 0 Å². The van der Waals surface area contributed by atoms with E-state index in [9.17, 15) is 13.2 Å². The van der Waals surface area contributed by atoms with Crippen molar-refractivity contribution in [3.63, 3.8) is 0 Å². The second-order valence-corrected chi connectivity index (χ2v) is 3.63. The molecule has 1 atom stereocenters. The number of halogens is 3. The molecule has 0 fully saturated rings. The van der Waals surface area contributed by atoms with Gasteiger partial charge in [-0.15, -0.1) is 0 Å². The first-order valence-corrected chi connectivity index (χ1v) is 5.05. The largest absolute Gasteiger partial charge is 0.459 e. The fourth-order valence-corrected chi connectivity index (χ4v) is 1.50. The van der Waals surface area contributed by atoms with Crippen molar-refractivity contribution < 1.29 is 22.6 Å². The molecule has 18 heavy (non-hydrogen) atoms. The standard InChI is InChI=1S/C12H8F3NO2/c13-12(14,15)7-17-11-9(6-16)5-8-3-1-2-4-10(8)18-11/h1-5,11H,7H2. The van der Waals surface area contributed by atoms with Crippen LogP contribution in [0.2, 0.25) is 0 Å². The molecule has 94 valence electrons. The summed E-state index contributed by atoms with van der Waals surface area (Å²) in [6.45, 7) is -1.46. The van der Waals surface area contributed by atoms with Crippen LogP contribution < -0.4 is 4.74 Å². The highest BCUT2D eigenvalue weighted by molar-refractivity contribution is 5.65. The molecule has 1 aliphatic heterocycles. The zero-order valence-electron chi connectivity index (χ0n) is 9.07. The summed E-state index contributed by atoms with van der Waals surface area (Å²) in [4.78, 5) is 0. The molecule has 1 aliphatic rings. The SMILES string of the molecule is N#CC1=Cc2ccccc2OC1OCC(F)(F)F. The Bertz CT molecular complexity index is 517. The summed E-state index contributed by atoms with van der Waals surface area (Å²) in [5.41, 5.74) is 0.652. The number of nitriles is 1. The van der Waals surface area contributed by atoms with Crippen molar-refractivity contribution >= 4 is 6.08 Å². The molecule has 3 nitrogen and oxygen atoms in total. The number of benzene rings is 1. The Morgan fingerprint density at radius 1 is 1.33 bits per heavy atom. The van der Waals surface area contributed by atoms with Gasteiger partial charge < -0.3 is 9.47 Å². The Kier molecular flexibility index (Phi) is 3.26. The van der Waals surface area contributed by atoms with Crippen molar-refractivity contribution in [1.29, 1.82) is 5.26 Å². The van der Waals surface area contributed by atoms with Crippen LogP contribution in [-0.4, -0.2) is 19.1 Å². The third-order valence-electron chi connectivity index (χ3n) is 2.25. The van der Waals surface area contributed by atoms with Crippen LogP contribution in [0.4, 0.5) is 13.2 Å². The highest BCUT2D eigenvalue weighted by Gasteiger charge is 2.32. The molecule has 1 unspecified atom stereocenters. The molecule has 0 N–H and O–H groups in total. The summed E-state index contributed by atoms with van der Waals surface area (Å²) in [5, 5.41) is 8.86. The van der Waals surface area contributed by atoms with Crippen LogP contribution in [0.1, 0.15) is 5.56 Å². The van der Waals surface area contributed by atoms with Gasteiger partial charge in [0.2, 0.25) is 6.29 Å². The minimum Gasteiger partial charge on any atom is -0.459 e. The molecular weight excluding hydrogens is 247 g/mol. The lowest BCUT2D eigenvalue weighted by Crippen LogP contribution is -2.30. The predicted molar refractivity (Wildman–Crippen MR) is 56.5 cm³/mol. The van der Waals surface area contributed by atoms with E-state index in [0.29, 0.717) is 11.3 Å². The number of rotatable bonds is 2. The Morgan fingerprint density at radius 2 is 2.06 bits per heavy atom. The number of ether oxygens (including phenoxy) is 2. The average molecular weight is 255 g/mol. The molecule has 0 aromatic heterocycles. The molecule has 0 saturated heterocycles. The van der Waals surface area contributed by atoms with Crippen molar-refractivity contribution in [2.45, 2.75) is 12.5 Å². The first-order valence-electron chi connectivity index (χ1n) is 5.05. The quantitative estimate of drug-likeness (QED) is 0.816. The Morgan fingerprint density at radius 3 is 2.72 bits per heavy atom. The van der Waals surface area contributed by atoms with Crippen LogP contribution in [0.3, 0.4) is 0 Å². The number of para-hydroxylation sites is 1. The number of nitrogens with zero attached hydrogens (tertiary/aromatic N) is 1. The molecule has 0 bridgehead atoms. The lowest BCUT2D eigenvalue weighted by atomic mass is 10.1. The first kappa shape index (κ1) is 12.5. The third kappa shape index (κ3) is 2.81. The van der Waals surface area contributed by atoms with Crippen LogP contribution in [0.5, 0.6) is 5.75 Å². The van der Waals surface area contributed by atoms with Gasteiger partial charge in [0.05, 0.1) is 5.57 Å². The van der Waals surface area contributed by atoms with Crippen molar-refractivity contribution in [2.75, 3.05) is 6.61 Å². The number of alkyl halides is 3. The summed E-state index contributed by atoms with van der Waals surface area (Å²) in [6, 6.07) is 8.50. The summed E-state index contributed by atoms with van der Waals surface area (Å²) >= 11 is 0. The van der Waals surface area contributed by atoms with Gasteiger partial charge in [0, 0.05) is 5.56 Å². The van der Waals surface area contributed by atoms with Gasteiger partial charge in [-0.2, -0.15) is 18.4 Å². The molecule has 0 radical (unpaired) electrons. The van der Waals surface area contributed by atoms with Gasteiger partial charge in [-0.3, -0.25) is 0 Å². The Hall–Kier alpha value is -2.00. The monoisotopic (exact) mass is 255 g/mol. The number of hydrogen-bond donors (Lipinski definition) is 0. The van der Waals surface area contributed by atoms with Gasteiger partial charge in [0.15, 0.2) is 0 Å². The molecule has 1 heterocycles. The lowest BCUT2D eigenvalue weighted by Gasteiger charge is -2.24. The van der Waals surface area contributed by atoms with E-state index in [1.54, 1.807) is 30.3 Å². The lowest BCUT2D eigenvalue weighted by molar-refractivity contribution is -0.202. The predicted octanol–water partition coefficient (Wildman–Crippen LogP) is 2.89. The topological polar surface area (TPSA) is 42.2 Å². The first-order chi connectivity index (χ1) is 8.49. The van der Waals surface area contributed by atoms with E-state index in [-0.39, 0.29) is 5.57 Å². The average Bonchev–Trinajstić information content (AvgIpc) is 2.34. The van der Waals surface area contributed by atoms with Gasteiger partial charge in [0.1, 0.15) is 18.4 Å². The summed E-state index contributed by atoms with van der Waals surface area (Å²) in [5.74, 6) is 0.392. The zero-order chi connectivity index (χ0) is 13.2. The van der Waals surface area contributed by atoms with Crippen molar-refractivity contribution in [2.24, 2.45) is 0 Å². The normalized spacial score (nSPS) is 18.3. The highest BCUT2D eigenvalue weighted by Crippen LogP contribution is 2.30. The van der Waals surface area contributed by atoms with Crippen LogP contribution >= 0.6 is 0 Å². The number of hydrogen-bond acceptors (Lipinski definition) is 3. The van der Waals surface area contributed by atoms with Crippen LogP contribution in [0.25, 0.3) is 6.08 Å². The second kappa shape index (κ2) is 4.70. The fraction of sp³-hybridized carbons (Fsp3) is 0.250. The van der Waals surface area contributed by atoms with Gasteiger partial charge in [0.25, 0.3) is 0 Å². The summed E-state index contributed by atoms with van der Waals surface area (Å²) in [6.07, 6.45) is -4.31. The van der Waals surface area contributed by atoms with Gasteiger partial charge >= 0.3 is 6.18 Å². The Labute approximate surface area is 101 Å². The van der Waals surface area contributed by atoms with Gasteiger partial charge in [-0.1, -0.05) is 18.2 Å². The number of fused-ring (bicyclic) bond motifs is 1. The molecule has 2 rings (SSSR count). The fourth-order valence-electron chi connectivity index (χ4n) is 1.50. The minimum absolute atomic E-state index is 0.0120. The third-order valence-corrected chi connectivity index (χ3v) is 2.25. The highest BCUT2D eigenvalue weighted by atomic mass is 19.4. The molecular formula is C12H8F3NO2. The maximum Gasteiger partial charge on any atom is 0.411 e. The minimum atomic E-state index is -4.46. The molecule has 0 spiro atoms. The summed E-state index contributed by atoms with van der Waals surface area (Å²) in [7, 11) is 0. The van der Waals surface area contributed by atoms with Crippen molar-refractivity contribution in [1.82, 2.24) is 0 Å². The van der Waals surface area contributed by atoms with E-state index in [4.69, 9.17) is 10.00 Å². The van der Waals surface area contributed by atoms with Gasteiger partial charge in [-0.05, 0) is 12.1 Å². The maximum absolute atomic E-state index is 12.1. The molecule has 6 heteroatoms. The van der Waals surface area contributed by atoms with E-state index in [1.165, 1.54) is 6.08 Å². The van der Waals surface area contributed by atoms with E-state index in [2.05, 4.69) is 4.74 Å². The van der Waals surface area contributed by atoms with E-state index in [1.807, 2.05) is 0 Å². The van der Waals surface area contributed by atoms with E-state index in [0.717, 1.165) is 0 Å². The van der Waals surface area contributed by atoms with Crippen LogP contribution in [0, 0.1) is 11.3 Å². The molecule has 1 aromatic carbocycles. The zero-order valence-corrected chi connectivity index (χ0v) is 9.07. The Balaban J connectivity index is 2.18. The molecule has 0 amide bonds. The molecule has 0 saturated carbocycles. The second-order valence-electron chi connectivity index (χ2n) is 3.63. The van der Waals surface area contributed by atoms with Crippen LogP contribution in [-0.2, 0) is 4.74 Å². The maximum atomic E-state index is 12.1. The molecule has 1 aromatic rings. The summed E-state index contributed by atoms with van der Waals surface area (Å²) < 4.78 is 46.0. The van der Waals surface area contributed by atoms with Crippen LogP contribution in [0.15, 0.2) is 29.8 Å².